The molecule has 2 amide bonds. The third kappa shape index (κ3) is 5.55. The molecule has 14 heteroatoms. The van der Waals surface area contributed by atoms with Crippen molar-refractivity contribution >= 4 is 50.3 Å². The van der Waals surface area contributed by atoms with Gasteiger partial charge in [0.1, 0.15) is 22.4 Å². The topological polar surface area (TPSA) is 114 Å². The van der Waals surface area contributed by atoms with Gasteiger partial charge in [0.15, 0.2) is 0 Å². The highest BCUT2D eigenvalue weighted by Gasteiger charge is 2.68. The van der Waals surface area contributed by atoms with Gasteiger partial charge in [-0.3, -0.25) is 4.90 Å². The number of likely N-dealkylation sites (tertiary alicyclic amines) is 1. The van der Waals surface area contributed by atoms with Crippen LogP contribution in [0.5, 0.6) is 0 Å². The van der Waals surface area contributed by atoms with Gasteiger partial charge < -0.3 is 25.4 Å². The molecule has 1 atom stereocenters. The van der Waals surface area contributed by atoms with Gasteiger partial charge in [-0.05, 0) is 80.3 Å². The Labute approximate surface area is 286 Å². The van der Waals surface area contributed by atoms with Crippen molar-refractivity contribution in [3.63, 3.8) is 0 Å². The van der Waals surface area contributed by atoms with Crippen LogP contribution in [0.3, 0.4) is 0 Å². The lowest BCUT2D eigenvalue weighted by molar-refractivity contribution is -0.155. The highest BCUT2D eigenvalue weighted by molar-refractivity contribution is 7.18. The zero-order valence-electron chi connectivity index (χ0n) is 27.9. The van der Waals surface area contributed by atoms with Crippen molar-refractivity contribution in [3.05, 3.63) is 46.0 Å². The molecule has 258 valence electrons. The standard InChI is InChI=1S/C35H40F3N9OS/c1-21-22(4-5-27-25(21)10-23(13-39)47(27)20-33-15-34(16-33,17-33)44-31(48)41-3)14-45-8-6-32(18-45)7-9-46(19-32)28-26-11-24(12-35(36,37)38)49-29(26)43-30(40-2)42-28/h4-5,10-11H,6-9,12,14-20H2,1-3H3,(H,40,42,43)(H2,41,44,48). The van der Waals surface area contributed by atoms with Crippen molar-refractivity contribution in [3.8, 4) is 6.07 Å². The number of halogens is 3. The minimum atomic E-state index is -4.27. The first-order chi connectivity index (χ1) is 23.3. The lowest BCUT2D eigenvalue weighted by atomic mass is 9.39. The Morgan fingerprint density at radius 2 is 1.86 bits per heavy atom. The van der Waals surface area contributed by atoms with E-state index in [1.54, 1.807) is 20.2 Å². The van der Waals surface area contributed by atoms with Gasteiger partial charge in [-0.15, -0.1) is 11.3 Å². The molecule has 1 unspecified atom stereocenters. The number of rotatable bonds is 8. The van der Waals surface area contributed by atoms with E-state index in [1.165, 1.54) is 11.1 Å². The largest absolute Gasteiger partial charge is 0.393 e. The van der Waals surface area contributed by atoms with E-state index in [9.17, 15) is 23.2 Å². The summed E-state index contributed by atoms with van der Waals surface area (Å²) in [7, 11) is 3.36. The summed E-state index contributed by atoms with van der Waals surface area (Å²) in [5, 5.41) is 20.6. The molecule has 3 N–H and O–H groups in total. The highest BCUT2D eigenvalue weighted by atomic mass is 32.1. The number of fused-ring (bicyclic) bond motifs is 2. The molecule has 3 aromatic heterocycles. The van der Waals surface area contributed by atoms with Crippen LogP contribution < -0.4 is 20.9 Å². The number of thiophene rings is 1. The van der Waals surface area contributed by atoms with Crippen LogP contribution in [0.25, 0.3) is 21.1 Å². The smallest absolute Gasteiger partial charge is 0.357 e. The fourth-order valence-electron chi connectivity index (χ4n) is 9.34. The molecule has 2 saturated heterocycles. The van der Waals surface area contributed by atoms with Crippen LogP contribution in [0.15, 0.2) is 24.3 Å². The van der Waals surface area contributed by atoms with E-state index in [2.05, 4.69) is 60.4 Å². The number of alkyl halides is 3. The Hall–Kier alpha value is -4.09. The first kappa shape index (κ1) is 32.1. The lowest BCUT2D eigenvalue weighted by Gasteiger charge is -2.70. The monoisotopic (exact) mass is 691 g/mol. The van der Waals surface area contributed by atoms with Crippen molar-refractivity contribution in [2.24, 2.45) is 10.8 Å². The van der Waals surface area contributed by atoms with Crippen LogP contribution in [0.2, 0.25) is 0 Å². The maximum absolute atomic E-state index is 13.2. The van der Waals surface area contributed by atoms with E-state index in [1.807, 2.05) is 6.07 Å². The molecule has 1 aromatic carbocycles. The average Bonchev–Trinajstić information content (AvgIpc) is 3.81. The second-order valence-corrected chi connectivity index (χ2v) is 16.1. The minimum Gasteiger partial charge on any atom is -0.357 e. The maximum atomic E-state index is 13.2. The maximum Gasteiger partial charge on any atom is 0.393 e. The summed E-state index contributed by atoms with van der Waals surface area (Å²) in [5.41, 5.74) is 4.34. The predicted molar refractivity (Wildman–Crippen MR) is 184 cm³/mol. The summed E-state index contributed by atoms with van der Waals surface area (Å²) in [4.78, 5) is 26.7. The molecule has 2 bridgehead atoms. The van der Waals surface area contributed by atoms with Gasteiger partial charge in [-0.1, -0.05) is 6.07 Å². The summed E-state index contributed by atoms with van der Waals surface area (Å²) in [6, 6.07) is 10.3. The number of amides is 2. The summed E-state index contributed by atoms with van der Waals surface area (Å²) in [5.74, 6) is 1.13. The quantitative estimate of drug-likeness (QED) is 0.210. The van der Waals surface area contributed by atoms with Crippen LogP contribution in [-0.4, -0.2) is 77.5 Å². The van der Waals surface area contributed by atoms with Crippen molar-refractivity contribution in [2.75, 3.05) is 50.5 Å². The Morgan fingerprint density at radius 1 is 1.08 bits per heavy atom. The van der Waals surface area contributed by atoms with Crippen LogP contribution >= 0.6 is 11.3 Å². The van der Waals surface area contributed by atoms with E-state index >= 15 is 0 Å². The van der Waals surface area contributed by atoms with Crippen molar-refractivity contribution < 1.29 is 18.0 Å². The van der Waals surface area contributed by atoms with E-state index < -0.39 is 12.6 Å². The molecule has 5 fully saturated rings. The van der Waals surface area contributed by atoms with E-state index in [-0.39, 0.29) is 27.3 Å². The average molecular weight is 692 g/mol. The Kier molecular flexibility index (Phi) is 7.35. The number of hydrogen-bond donors (Lipinski definition) is 3. The molecule has 0 radical (unpaired) electrons. The molecule has 4 aromatic rings. The first-order valence-electron chi connectivity index (χ1n) is 16.9. The van der Waals surface area contributed by atoms with E-state index in [0.29, 0.717) is 27.7 Å². The lowest BCUT2D eigenvalue weighted by Crippen LogP contribution is -2.76. The zero-order valence-corrected chi connectivity index (χ0v) is 28.7. The van der Waals surface area contributed by atoms with E-state index in [0.717, 1.165) is 93.6 Å². The number of hydrogen-bond acceptors (Lipinski definition) is 8. The molecule has 2 aliphatic heterocycles. The SMILES string of the molecule is CNC(=O)NC12CC(Cn3c(C#N)cc4c(C)c(CN5CCC6(CCN(c7nc(NC)nc8sc(CC(F)(F)F)cc78)C6)C5)ccc43)(C1)C2. The molecule has 5 heterocycles. The zero-order chi connectivity index (χ0) is 34.3. The second kappa shape index (κ2) is 11.2. The van der Waals surface area contributed by atoms with Crippen LogP contribution in [-0.2, 0) is 19.5 Å². The van der Waals surface area contributed by atoms with Gasteiger partial charge in [-0.2, -0.15) is 23.4 Å². The number of benzene rings is 1. The molecule has 9 rings (SSSR count). The molecule has 49 heavy (non-hydrogen) atoms. The van der Waals surface area contributed by atoms with Crippen LogP contribution in [0.1, 0.15) is 53.8 Å². The van der Waals surface area contributed by atoms with Gasteiger partial charge >= 0.3 is 12.2 Å². The molecule has 5 aliphatic rings. The molecule has 3 aliphatic carbocycles. The number of nitriles is 1. The van der Waals surface area contributed by atoms with Crippen LogP contribution in [0, 0.1) is 29.1 Å². The third-order valence-corrected chi connectivity index (χ3v) is 12.5. The van der Waals surface area contributed by atoms with Crippen molar-refractivity contribution in [2.45, 2.75) is 70.3 Å². The van der Waals surface area contributed by atoms with Gasteiger partial charge in [0, 0.05) is 73.6 Å². The van der Waals surface area contributed by atoms with Crippen LogP contribution in [0.4, 0.5) is 29.7 Å². The van der Waals surface area contributed by atoms with Gasteiger partial charge in [-0.25, -0.2) is 9.78 Å². The Balaban J connectivity index is 0.964. The molecule has 1 spiro atoms. The summed E-state index contributed by atoms with van der Waals surface area (Å²) < 4.78 is 41.8. The Bertz CT molecular complexity index is 2010. The molecular weight excluding hydrogens is 652 g/mol. The number of aryl methyl sites for hydroxylation is 1. The summed E-state index contributed by atoms with van der Waals surface area (Å²) in [6.45, 7) is 7.27. The number of nitrogens with one attached hydrogen (secondary N) is 3. The van der Waals surface area contributed by atoms with Gasteiger partial charge in [0.2, 0.25) is 5.95 Å². The second-order valence-electron chi connectivity index (χ2n) is 15.0. The third-order valence-electron chi connectivity index (χ3n) is 11.5. The fraction of sp³-hybridized carbons (Fsp3) is 0.543. The number of aromatic nitrogens is 3. The first-order valence-corrected chi connectivity index (χ1v) is 17.7. The number of carbonyl (C=O) groups is 1. The normalized spacial score (nSPS) is 26.3. The van der Waals surface area contributed by atoms with Gasteiger partial charge in [0.25, 0.3) is 0 Å². The highest BCUT2D eigenvalue weighted by Crippen LogP contribution is 2.68. The number of carbonyl (C=O) groups excluding carboxylic acids is 1. The number of nitrogens with zero attached hydrogens (tertiary/aromatic N) is 6. The molecule has 10 nitrogen and oxygen atoms in total. The minimum absolute atomic E-state index is 0.0873. The summed E-state index contributed by atoms with van der Waals surface area (Å²) >= 11 is 1.09. The number of anilines is 2. The summed E-state index contributed by atoms with van der Waals surface area (Å²) in [6.07, 6.45) is -0.374. The molecule has 3 saturated carbocycles. The fourth-order valence-corrected chi connectivity index (χ4v) is 10.4. The number of urea groups is 1. The molecular formula is C35H40F3N9OS. The van der Waals surface area contributed by atoms with E-state index in [4.69, 9.17) is 4.98 Å². The van der Waals surface area contributed by atoms with Crippen molar-refractivity contribution in [1.29, 1.82) is 5.26 Å². The Morgan fingerprint density at radius 3 is 2.57 bits per heavy atom. The predicted octanol–water partition coefficient (Wildman–Crippen LogP) is 5.93. The van der Waals surface area contributed by atoms with Gasteiger partial charge in [0.05, 0.1) is 11.8 Å². The van der Waals surface area contributed by atoms with Crippen molar-refractivity contribution in [1.82, 2.24) is 30.1 Å².